The summed E-state index contributed by atoms with van der Waals surface area (Å²) in [5.41, 5.74) is 6.42. The molecule has 0 spiro atoms. The van der Waals surface area contributed by atoms with E-state index in [1.54, 1.807) is 11.7 Å². The van der Waals surface area contributed by atoms with Crippen LogP contribution in [0.25, 0.3) is 0 Å². The summed E-state index contributed by atoms with van der Waals surface area (Å²) in [5, 5.41) is 7.55. The van der Waals surface area contributed by atoms with E-state index in [0.29, 0.717) is 5.82 Å². The molecule has 50 valence electrons. The largest absolute Gasteiger partial charge is 0.382 e. The monoisotopic (exact) mass is 126 g/mol. The van der Waals surface area contributed by atoms with Gasteiger partial charge in [0.05, 0.1) is 0 Å². The molecular weight excluding hydrogens is 116 g/mol. The highest BCUT2D eigenvalue weighted by molar-refractivity contribution is 5.32. The van der Waals surface area contributed by atoms with E-state index >= 15 is 0 Å². The summed E-state index contributed by atoms with van der Waals surface area (Å²) in [6, 6.07) is 0. The van der Waals surface area contributed by atoms with Gasteiger partial charge < -0.3 is 5.73 Å². The van der Waals surface area contributed by atoms with Crippen LogP contribution in [0.5, 0.6) is 0 Å². The Morgan fingerprint density at radius 1 is 1.67 bits per heavy atom. The zero-order valence-corrected chi connectivity index (χ0v) is 5.63. The number of aromatic nitrogens is 3. The maximum Gasteiger partial charge on any atom is 0.145 e. The Hall–Kier alpha value is -1.06. The van der Waals surface area contributed by atoms with Gasteiger partial charge in [-0.05, 0) is 6.42 Å². The van der Waals surface area contributed by atoms with Gasteiger partial charge in [0.1, 0.15) is 11.5 Å². The van der Waals surface area contributed by atoms with E-state index in [1.807, 2.05) is 6.92 Å². The number of nitrogen functional groups attached to an aromatic ring is 1. The van der Waals surface area contributed by atoms with Crippen molar-refractivity contribution >= 4 is 5.82 Å². The normalized spacial score (nSPS) is 10.0. The van der Waals surface area contributed by atoms with Gasteiger partial charge in [0.15, 0.2) is 0 Å². The number of hydrogen-bond acceptors (Lipinski definition) is 3. The van der Waals surface area contributed by atoms with Crippen LogP contribution in [-0.4, -0.2) is 15.0 Å². The van der Waals surface area contributed by atoms with Crippen molar-refractivity contribution in [3.63, 3.8) is 0 Å². The molecule has 0 aliphatic rings. The minimum absolute atomic E-state index is 0.664. The second-order valence-corrected chi connectivity index (χ2v) is 1.90. The van der Waals surface area contributed by atoms with Crippen LogP contribution >= 0.6 is 0 Å². The van der Waals surface area contributed by atoms with Crippen molar-refractivity contribution < 1.29 is 0 Å². The third kappa shape index (κ3) is 0.872. The number of rotatable bonds is 1. The van der Waals surface area contributed by atoms with E-state index in [4.69, 9.17) is 5.73 Å². The Labute approximate surface area is 53.7 Å². The van der Waals surface area contributed by atoms with Crippen LogP contribution in [0.15, 0.2) is 0 Å². The lowest BCUT2D eigenvalue weighted by Crippen LogP contribution is -1.98. The van der Waals surface area contributed by atoms with Crippen molar-refractivity contribution in [2.75, 3.05) is 5.73 Å². The van der Waals surface area contributed by atoms with E-state index < -0.39 is 0 Å². The topological polar surface area (TPSA) is 56.7 Å². The fourth-order valence-corrected chi connectivity index (χ4v) is 0.659. The summed E-state index contributed by atoms with van der Waals surface area (Å²) in [4.78, 5) is 0. The number of nitrogens with zero attached hydrogens (tertiary/aromatic N) is 3. The molecule has 4 nitrogen and oxygen atoms in total. The number of hydrogen-bond donors (Lipinski definition) is 1. The Morgan fingerprint density at radius 2 is 2.33 bits per heavy atom. The summed E-state index contributed by atoms with van der Waals surface area (Å²) in [5.74, 6) is 0.664. The Morgan fingerprint density at radius 3 is 2.56 bits per heavy atom. The number of anilines is 1. The highest BCUT2D eigenvalue weighted by Gasteiger charge is 2.01. The summed E-state index contributed by atoms with van der Waals surface area (Å²) in [6.45, 7) is 2.00. The first-order valence-electron chi connectivity index (χ1n) is 2.89. The fraction of sp³-hybridized carbons (Fsp3) is 0.600. The lowest BCUT2D eigenvalue weighted by molar-refractivity contribution is 0.720. The van der Waals surface area contributed by atoms with Gasteiger partial charge >= 0.3 is 0 Å². The Balaban J connectivity index is 3.04. The summed E-state index contributed by atoms with van der Waals surface area (Å²) >= 11 is 0. The van der Waals surface area contributed by atoms with Crippen LogP contribution in [0, 0.1) is 0 Å². The molecule has 1 heterocycles. The molecule has 0 saturated carbocycles. The van der Waals surface area contributed by atoms with E-state index in [-0.39, 0.29) is 0 Å². The molecule has 2 N–H and O–H groups in total. The van der Waals surface area contributed by atoms with Crippen molar-refractivity contribution in [3.05, 3.63) is 5.69 Å². The van der Waals surface area contributed by atoms with Crippen molar-refractivity contribution in [3.8, 4) is 0 Å². The van der Waals surface area contributed by atoms with Gasteiger partial charge in [0.25, 0.3) is 0 Å². The van der Waals surface area contributed by atoms with E-state index in [2.05, 4.69) is 10.3 Å². The zero-order chi connectivity index (χ0) is 6.85. The van der Waals surface area contributed by atoms with Crippen LogP contribution in [0.2, 0.25) is 0 Å². The highest BCUT2D eigenvalue weighted by atomic mass is 15.4. The number of aryl methyl sites for hydroxylation is 2. The molecule has 4 heteroatoms. The van der Waals surface area contributed by atoms with Crippen LogP contribution < -0.4 is 5.73 Å². The minimum atomic E-state index is 0.664. The molecule has 1 aromatic rings. The molecule has 0 aliphatic heterocycles. The Bertz CT molecular complexity index is 203. The van der Waals surface area contributed by atoms with Gasteiger partial charge in [0, 0.05) is 7.05 Å². The first-order valence-corrected chi connectivity index (χ1v) is 2.89. The van der Waals surface area contributed by atoms with Gasteiger partial charge in [-0.1, -0.05) is 12.1 Å². The van der Waals surface area contributed by atoms with Crippen LogP contribution in [0.3, 0.4) is 0 Å². The second-order valence-electron chi connectivity index (χ2n) is 1.90. The minimum Gasteiger partial charge on any atom is -0.382 e. The maximum atomic E-state index is 5.55. The van der Waals surface area contributed by atoms with Crippen LogP contribution in [0.1, 0.15) is 12.6 Å². The first-order chi connectivity index (χ1) is 4.25. The standard InChI is InChI=1S/C5H10N4/c1-3-4-5(6)9(2)8-7-4/h3,6H2,1-2H3. The van der Waals surface area contributed by atoms with Gasteiger partial charge in [-0.2, -0.15) is 0 Å². The molecule has 0 unspecified atom stereocenters. The van der Waals surface area contributed by atoms with Crippen LogP contribution in [0.4, 0.5) is 5.82 Å². The number of nitrogens with two attached hydrogens (primary N) is 1. The van der Waals surface area contributed by atoms with E-state index in [9.17, 15) is 0 Å². The van der Waals surface area contributed by atoms with Gasteiger partial charge in [0.2, 0.25) is 0 Å². The summed E-state index contributed by atoms with van der Waals surface area (Å²) in [6.07, 6.45) is 0.847. The van der Waals surface area contributed by atoms with Crippen LogP contribution in [-0.2, 0) is 13.5 Å². The predicted molar refractivity (Wildman–Crippen MR) is 34.8 cm³/mol. The molecule has 0 radical (unpaired) electrons. The molecular formula is C5H10N4. The third-order valence-corrected chi connectivity index (χ3v) is 1.28. The molecule has 0 fully saturated rings. The summed E-state index contributed by atoms with van der Waals surface area (Å²) in [7, 11) is 1.78. The smallest absolute Gasteiger partial charge is 0.145 e. The average Bonchev–Trinajstić information content (AvgIpc) is 2.15. The highest BCUT2D eigenvalue weighted by Crippen LogP contribution is 2.04. The average molecular weight is 126 g/mol. The molecule has 0 bridgehead atoms. The molecule has 0 atom stereocenters. The van der Waals surface area contributed by atoms with Crippen molar-refractivity contribution in [1.29, 1.82) is 0 Å². The van der Waals surface area contributed by atoms with Crippen molar-refractivity contribution in [2.45, 2.75) is 13.3 Å². The van der Waals surface area contributed by atoms with E-state index in [1.165, 1.54) is 0 Å². The van der Waals surface area contributed by atoms with Gasteiger partial charge in [-0.3, -0.25) is 0 Å². The summed E-state index contributed by atoms with van der Waals surface area (Å²) < 4.78 is 1.57. The lowest BCUT2D eigenvalue weighted by Gasteiger charge is -1.90. The molecule has 1 rings (SSSR count). The lowest BCUT2D eigenvalue weighted by atomic mass is 10.3. The molecule has 0 saturated heterocycles. The van der Waals surface area contributed by atoms with Crippen molar-refractivity contribution in [2.24, 2.45) is 7.05 Å². The molecule has 0 aromatic carbocycles. The van der Waals surface area contributed by atoms with Gasteiger partial charge in [-0.25, -0.2) is 4.68 Å². The maximum absolute atomic E-state index is 5.55. The first kappa shape index (κ1) is 6.07. The van der Waals surface area contributed by atoms with Gasteiger partial charge in [-0.15, -0.1) is 5.10 Å². The van der Waals surface area contributed by atoms with Crippen molar-refractivity contribution in [1.82, 2.24) is 15.0 Å². The zero-order valence-electron chi connectivity index (χ0n) is 5.63. The SMILES string of the molecule is CCc1nnn(C)c1N. The molecule has 0 amide bonds. The van der Waals surface area contributed by atoms with E-state index in [0.717, 1.165) is 12.1 Å². The second kappa shape index (κ2) is 2.05. The quantitative estimate of drug-likeness (QED) is 0.574. The predicted octanol–water partition coefficient (Wildman–Crippen LogP) is -0.0403. The molecule has 0 aliphatic carbocycles. The third-order valence-electron chi connectivity index (χ3n) is 1.28. The molecule has 1 aromatic heterocycles. The molecule has 9 heavy (non-hydrogen) atoms. The fourth-order valence-electron chi connectivity index (χ4n) is 0.659. The Kier molecular flexibility index (Phi) is 1.38.